The highest BCUT2D eigenvalue weighted by molar-refractivity contribution is 5.91. The number of hydrogen-bond acceptors (Lipinski definition) is 4. The van der Waals surface area contributed by atoms with E-state index >= 15 is 0 Å². The number of esters is 1. The molecule has 0 N–H and O–H groups in total. The predicted octanol–water partition coefficient (Wildman–Crippen LogP) is 6.85. The van der Waals surface area contributed by atoms with Crippen molar-refractivity contribution in [3.8, 4) is 17.2 Å². The van der Waals surface area contributed by atoms with Crippen LogP contribution in [0.5, 0.6) is 17.2 Å². The first-order chi connectivity index (χ1) is 15.6. The Hall–Kier alpha value is -2.49. The summed E-state index contributed by atoms with van der Waals surface area (Å²) in [6.45, 7) is 9.77. The van der Waals surface area contributed by atoms with E-state index in [1.54, 1.807) is 31.4 Å². The van der Waals surface area contributed by atoms with Crippen molar-refractivity contribution >= 4 is 5.97 Å². The van der Waals surface area contributed by atoms with Crippen molar-refractivity contribution in [1.29, 1.82) is 0 Å². The SMILES string of the molecule is COc1ccc(C(=O)Oc2ccc3c(c2)C[C@@H]2[C@@]4(C)CCCC(C)(C)[C@@H]4CC[C@@]2(C)O3)cc1. The second-order valence-electron chi connectivity index (χ2n) is 11.5. The first kappa shape index (κ1) is 22.3. The number of ether oxygens (including phenoxy) is 3. The monoisotopic (exact) mass is 448 g/mol. The Morgan fingerprint density at radius 1 is 0.939 bits per heavy atom. The molecule has 4 nitrogen and oxygen atoms in total. The lowest BCUT2D eigenvalue weighted by Gasteiger charge is -2.63. The van der Waals surface area contributed by atoms with E-state index in [0.29, 0.717) is 28.4 Å². The molecule has 0 amide bonds. The standard InChI is InChI=1S/C29H36O4/c1-27(2)14-6-15-28(3)24(27)13-16-29(4)25(28)18-20-17-22(11-12-23(20)33-29)32-26(30)19-7-9-21(31-5)10-8-19/h7-12,17,24-25H,6,13-16,18H2,1-5H3/t24-,25+,28-,29+/m0/s1. The zero-order valence-electron chi connectivity index (χ0n) is 20.6. The molecule has 3 aliphatic rings. The van der Waals surface area contributed by atoms with E-state index in [4.69, 9.17) is 14.2 Å². The Morgan fingerprint density at radius 3 is 2.39 bits per heavy atom. The minimum atomic E-state index is -0.363. The smallest absolute Gasteiger partial charge is 0.343 e. The molecule has 0 radical (unpaired) electrons. The van der Waals surface area contributed by atoms with Crippen LogP contribution >= 0.6 is 0 Å². The van der Waals surface area contributed by atoms with Crippen LogP contribution in [-0.2, 0) is 6.42 Å². The molecule has 1 aliphatic heterocycles. The fraction of sp³-hybridized carbons (Fsp3) is 0.552. The second-order valence-corrected chi connectivity index (χ2v) is 11.5. The molecule has 2 aliphatic carbocycles. The summed E-state index contributed by atoms with van der Waals surface area (Å²) in [6.07, 6.45) is 7.20. The van der Waals surface area contributed by atoms with Gasteiger partial charge in [0.15, 0.2) is 0 Å². The van der Waals surface area contributed by atoms with Gasteiger partial charge in [-0.1, -0.05) is 27.2 Å². The number of methoxy groups -OCH3 is 1. The maximum absolute atomic E-state index is 12.7. The summed E-state index contributed by atoms with van der Waals surface area (Å²) < 4.78 is 17.6. The minimum Gasteiger partial charge on any atom is -0.497 e. The molecule has 0 bridgehead atoms. The number of benzene rings is 2. The molecule has 0 aromatic heterocycles. The number of carbonyl (C=O) groups is 1. The van der Waals surface area contributed by atoms with Crippen molar-refractivity contribution < 1.29 is 19.0 Å². The van der Waals surface area contributed by atoms with Crippen molar-refractivity contribution in [2.75, 3.05) is 7.11 Å². The molecule has 4 atom stereocenters. The van der Waals surface area contributed by atoms with Crippen LogP contribution in [0.4, 0.5) is 0 Å². The van der Waals surface area contributed by atoms with Crippen molar-refractivity contribution in [3.63, 3.8) is 0 Å². The lowest BCUT2D eigenvalue weighted by molar-refractivity contribution is -0.162. The van der Waals surface area contributed by atoms with E-state index in [0.717, 1.165) is 30.1 Å². The molecule has 2 fully saturated rings. The first-order valence-electron chi connectivity index (χ1n) is 12.3. The molecule has 2 aromatic rings. The van der Waals surface area contributed by atoms with Crippen LogP contribution in [0.15, 0.2) is 42.5 Å². The number of hydrogen-bond donors (Lipinski definition) is 0. The highest BCUT2D eigenvalue weighted by Gasteiger charge is 2.60. The van der Waals surface area contributed by atoms with Gasteiger partial charge in [0.25, 0.3) is 0 Å². The lowest BCUT2D eigenvalue weighted by atomic mass is 9.44. The van der Waals surface area contributed by atoms with Gasteiger partial charge in [-0.15, -0.1) is 0 Å². The molecule has 176 valence electrons. The van der Waals surface area contributed by atoms with Crippen molar-refractivity contribution in [2.24, 2.45) is 22.7 Å². The molecule has 2 aromatic carbocycles. The van der Waals surface area contributed by atoms with Crippen LogP contribution < -0.4 is 14.2 Å². The molecule has 0 saturated heterocycles. The van der Waals surface area contributed by atoms with E-state index in [9.17, 15) is 4.79 Å². The summed E-state index contributed by atoms with van der Waals surface area (Å²) in [5.41, 5.74) is 2.17. The third-order valence-electron chi connectivity index (χ3n) is 9.07. The predicted molar refractivity (Wildman–Crippen MR) is 129 cm³/mol. The van der Waals surface area contributed by atoms with Crippen LogP contribution in [-0.4, -0.2) is 18.7 Å². The van der Waals surface area contributed by atoms with Gasteiger partial charge < -0.3 is 14.2 Å². The highest BCUT2D eigenvalue weighted by Crippen LogP contribution is 2.64. The number of carbonyl (C=O) groups excluding carboxylic acids is 1. The van der Waals surface area contributed by atoms with E-state index in [1.165, 1.54) is 25.7 Å². The topological polar surface area (TPSA) is 44.8 Å². The second kappa shape index (κ2) is 7.78. The Bertz CT molecular complexity index is 1060. The minimum absolute atomic E-state index is 0.132. The zero-order chi connectivity index (χ0) is 23.4. The van der Waals surface area contributed by atoms with E-state index in [1.807, 2.05) is 18.2 Å². The largest absolute Gasteiger partial charge is 0.497 e. The number of fused-ring (bicyclic) bond motifs is 4. The zero-order valence-corrected chi connectivity index (χ0v) is 20.6. The maximum Gasteiger partial charge on any atom is 0.343 e. The Kier molecular flexibility index (Phi) is 5.26. The third kappa shape index (κ3) is 3.72. The molecular weight excluding hydrogens is 412 g/mol. The van der Waals surface area contributed by atoms with E-state index in [-0.39, 0.29) is 17.0 Å². The van der Waals surface area contributed by atoms with E-state index in [2.05, 4.69) is 27.7 Å². The highest BCUT2D eigenvalue weighted by atomic mass is 16.5. The van der Waals surface area contributed by atoms with Crippen LogP contribution in [0.3, 0.4) is 0 Å². The van der Waals surface area contributed by atoms with E-state index < -0.39 is 0 Å². The maximum atomic E-state index is 12.7. The van der Waals surface area contributed by atoms with Gasteiger partial charge in [0.05, 0.1) is 12.7 Å². The van der Waals surface area contributed by atoms with Gasteiger partial charge >= 0.3 is 5.97 Å². The van der Waals surface area contributed by atoms with Crippen LogP contribution in [0.1, 0.15) is 75.7 Å². The molecule has 0 spiro atoms. The van der Waals surface area contributed by atoms with Crippen molar-refractivity contribution in [1.82, 2.24) is 0 Å². The summed E-state index contributed by atoms with van der Waals surface area (Å²) in [4.78, 5) is 12.7. The summed E-state index contributed by atoms with van der Waals surface area (Å²) in [6, 6.07) is 12.8. The van der Waals surface area contributed by atoms with Crippen LogP contribution in [0.25, 0.3) is 0 Å². The lowest BCUT2D eigenvalue weighted by Crippen LogP contribution is -2.61. The van der Waals surface area contributed by atoms with Gasteiger partial charge in [0, 0.05) is 5.92 Å². The Balaban J connectivity index is 1.40. The summed E-state index contributed by atoms with van der Waals surface area (Å²) in [5, 5.41) is 0. The van der Waals surface area contributed by atoms with Crippen LogP contribution in [0.2, 0.25) is 0 Å². The van der Waals surface area contributed by atoms with Gasteiger partial charge in [0.2, 0.25) is 0 Å². The molecular formula is C29H36O4. The van der Waals surface area contributed by atoms with Gasteiger partial charge in [-0.05, 0) is 104 Å². The fourth-order valence-electron chi connectivity index (χ4n) is 7.42. The van der Waals surface area contributed by atoms with Gasteiger partial charge in [-0.25, -0.2) is 4.79 Å². The molecule has 4 heteroatoms. The van der Waals surface area contributed by atoms with Crippen molar-refractivity contribution in [3.05, 3.63) is 53.6 Å². The molecule has 33 heavy (non-hydrogen) atoms. The van der Waals surface area contributed by atoms with Crippen molar-refractivity contribution in [2.45, 2.75) is 71.8 Å². The van der Waals surface area contributed by atoms with Gasteiger partial charge in [-0.2, -0.15) is 0 Å². The number of rotatable bonds is 3. The Labute approximate surface area is 197 Å². The van der Waals surface area contributed by atoms with Crippen LogP contribution in [0, 0.1) is 22.7 Å². The summed E-state index contributed by atoms with van der Waals surface area (Å²) in [5.74, 6) is 3.04. The molecule has 2 saturated carbocycles. The average molecular weight is 449 g/mol. The third-order valence-corrected chi connectivity index (χ3v) is 9.07. The molecule has 1 heterocycles. The Morgan fingerprint density at radius 2 is 1.67 bits per heavy atom. The normalized spacial score (nSPS) is 31.9. The van der Waals surface area contributed by atoms with Gasteiger partial charge in [-0.3, -0.25) is 0 Å². The fourth-order valence-corrected chi connectivity index (χ4v) is 7.42. The molecule has 0 unspecified atom stereocenters. The summed E-state index contributed by atoms with van der Waals surface area (Å²) >= 11 is 0. The van der Waals surface area contributed by atoms with Gasteiger partial charge in [0.1, 0.15) is 22.8 Å². The molecule has 5 rings (SSSR count). The quantitative estimate of drug-likeness (QED) is 0.380. The first-order valence-corrected chi connectivity index (χ1v) is 12.3. The average Bonchev–Trinajstić information content (AvgIpc) is 2.77. The summed E-state index contributed by atoms with van der Waals surface area (Å²) in [7, 11) is 1.61.